The van der Waals surface area contributed by atoms with Crippen molar-refractivity contribution >= 4 is 11.7 Å². The van der Waals surface area contributed by atoms with Crippen molar-refractivity contribution in [3.05, 3.63) is 0 Å². The summed E-state index contributed by atoms with van der Waals surface area (Å²) >= 11 is 0. The minimum atomic E-state index is -0.0529. The van der Waals surface area contributed by atoms with Gasteiger partial charge in [0.2, 0.25) is 5.91 Å². The van der Waals surface area contributed by atoms with Gasteiger partial charge in [0, 0.05) is 26.1 Å². The summed E-state index contributed by atoms with van der Waals surface area (Å²) in [5.41, 5.74) is 5.40. The Balaban J connectivity index is 4.24. The summed E-state index contributed by atoms with van der Waals surface area (Å²) in [6, 6.07) is 0. The average Bonchev–Trinajstić information content (AvgIpc) is 2.33. The second kappa shape index (κ2) is 9.70. The number of hydrogen-bond donors (Lipinski definition) is 2. The van der Waals surface area contributed by atoms with E-state index in [0.29, 0.717) is 32.0 Å². The van der Waals surface area contributed by atoms with Crippen LogP contribution in [0.4, 0.5) is 0 Å². The Kier molecular flexibility index (Phi) is 9.00. The molecule has 0 aliphatic rings. The van der Waals surface area contributed by atoms with E-state index in [9.17, 15) is 4.79 Å². The predicted octanol–water partition coefficient (Wildman–Crippen LogP) is 1.03. The maximum absolute atomic E-state index is 11.9. The molecule has 0 heterocycles. The maximum atomic E-state index is 11.9. The first-order valence-electron chi connectivity index (χ1n) is 6.33. The third kappa shape index (κ3) is 7.89. The lowest BCUT2D eigenvalue weighted by atomic mass is 10.2. The first kappa shape index (κ1) is 16.7. The summed E-state index contributed by atoms with van der Waals surface area (Å²) in [4.78, 5) is 13.6. The van der Waals surface area contributed by atoms with E-state index in [0.717, 1.165) is 6.42 Å². The van der Waals surface area contributed by atoms with Crippen LogP contribution < -0.4 is 5.73 Å². The molecular weight excluding hydrogens is 234 g/mol. The highest BCUT2D eigenvalue weighted by molar-refractivity contribution is 5.81. The van der Waals surface area contributed by atoms with Gasteiger partial charge < -0.3 is 20.6 Å². The number of oxime groups is 1. The fourth-order valence-corrected chi connectivity index (χ4v) is 1.45. The van der Waals surface area contributed by atoms with E-state index in [1.807, 2.05) is 20.8 Å². The number of hydrogen-bond acceptors (Lipinski definition) is 4. The first-order valence-corrected chi connectivity index (χ1v) is 6.33. The number of ether oxygens (including phenoxy) is 1. The highest BCUT2D eigenvalue weighted by atomic mass is 16.5. The number of carbonyl (C=O) groups excluding carboxylic acids is 1. The number of amides is 1. The molecule has 0 saturated carbocycles. The Bertz CT molecular complexity index is 267. The molecule has 1 amide bonds. The SMILES string of the molecule is CCCOCC(=O)N(CCC(N)=NO)CC(C)C. The molecule has 0 bridgehead atoms. The van der Waals surface area contributed by atoms with Gasteiger partial charge in [-0.1, -0.05) is 25.9 Å². The number of nitrogens with zero attached hydrogens (tertiary/aromatic N) is 2. The Labute approximate surface area is 109 Å². The maximum Gasteiger partial charge on any atom is 0.248 e. The van der Waals surface area contributed by atoms with Gasteiger partial charge in [0.15, 0.2) is 0 Å². The number of nitrogens with two attached hydrogens (primary N) is 1. The molecule has 0 spiro atoms. The predicted molar refractivity (Wildman–Crippen MR) is 70.6 cm³/mol. The Morgan fingerprint density at radius 2 is 2.17 bits per heavy atom. The van der Waals surface area contributed by atoms with E-state index in [1.165, 1.54) is 0 Å². The zero-order valence-electron chi connectivity index (χ0n) is 11.6. The van der Waals surface area contributed by atoms with Gasteiger partial charge in [-0.3, -0.25) is 4.79 Å². The monoisotopic (exact) mass is 259 g/mol. The molecular formula is C12H25N3O3. The quantitative estimate of drug-likeness (QED) is 0.213. The highest BCUT2D eigenvalue weighted by Gasteiger charge is 2.15. The zero-order valence-corrected chi connectivity index (χ0v) is 11.6. The number of amidine groups is 1. The molecule has 0 unspecified atom stereocenters. The molecule has 3 N–H and O–H groups in total. The van der Waals surface area contributed by atoms with Crippen molar-refractivity contribution < 1.29 is 14.7 Å². The average molecular weight is 259 g/mol. The Morgan fingerprint density at radius 1 is 1.50 bits per heavy atom. The Morgan fingerprint density at radius 3 is 2.67 bits per heavy atom. The van der Waals surface area contributed by atoms with Crippen molar-refractivity contribution in [2.75, 3.05) is 26.3 Å². The lowest BCUT2D eigenvalue weighted by Gasteiger charge is -2.24. The zero-order chi connectivity index (χ0) is 14.0. The standard InChI is InChI=1S/C12H25N3O3/c1-4-7-18-9-12(16)15(8-10(2)3)6-5-11(13)14-17/h10,17H,4-9H2,1-3H3,(H2,13,14). The van der Waals surface area contributed by atoms with Crippen molar-refractivity contribution in [2.24, 2.45) is 16.8 Å². The van der Waals surface area contributed by atoms with Crippen LogP contribution in [-0.2, 0) is 9.53 Å². The van der Waals surface area contributed by atoms with Gasteiger partial charge in [-0.05, 0) is 12.3 Å². The van der Waals surface area contributed by atoms with Gasteiger partial charge in [0.1, 0.15) is 12.4 Å². The molecule has 0 aromatic heterocycles. The smallest absolute Gasteiger partial charge is 0.248 e. The summed E-state index contributed by atoms with van der Waals surface area (Å²) in [5, 5.41) is 11.4. The fraction of sp³-hybridized carbons (Fsp3) is 0.833. The lowest BCUT2D eigenvalue weighted by Crippen LogP contribution is -2.39. The van der Waals surface area contributed by atoms with Gasteiger partial charge in [0.05, 0.1) is 0 Å². The molecule has 0 rings (SSSR count). The fourth-order valence-electron chi connectivity index (χ4n) is 1.45. The number of rotatable bonds is 9. The van der Waals surface area contributed by atoms with Gasteiger partial charge in [0.25, 0.3) is 0 Å². The molecule has 6 heteroatoms. The molecule has 18 heavy (non-hydrogen) atoms. The van der Waals surface area contributed by atoms with Crippen LogP contribution in [0.15, 0.2) is 5.16 Å². The van der Waals surface area contributed by atoms with E-state index in [1.54, 1.807) is 4.90 Å². The van der Waals surface area contributed by atoms with Crippen LogP contribution in [0.25, 0.3) is 0 Å². The van der Waals surface area contributed by atoms with Crippen LogP contribution in [-0.4, -0.2) is 48.2 Å². The van der Waals surface area contributed by atoms with Gasteiger partial charge in [-0.15, -0.1) is 0 Å². The van der Waals surface area contributed by atoms with Crippen LogP contribution in [0.3, 0.4) is 0 Å². The largest absolute Gasteiger partial charge is 0.409 e. The van der Waals surface area contributed by atoms with Crippen LogP contribution >= 0.6 is 0 Å². The summed E-state index contributed by atoms with van der Waals surface area (Å²) in [7, 11) is 0. The lowest BCUT2D eigenvalue weighted by molar-refractivity contribution is -0.136. The normalized spacial score (nSPS) is 11.9. The molecule has 106 valence electrons. The van der Waals surface area contributed by atoms with E-state index in [2.05, 4.69) is 5.16 Å². The molecule has 0 saturated heterocycles. The van der Waals surface area contributed by atoms with Crippen LogP contribution in [0.5, 0.6) is 0 Å². The molecule has 6 nitrogen and oxygen atoms in total. The van der Waals surface area contributed by atoms with Gasteiger partial charge in [-0.2, -0.15) is 0 Å². The minimum absolute atomic E-state index is 0.0529. The minimum Gasteiger partial charge on any atom is -0.409 e. The Hall–Kier alpha value is -1.30. The van der Waals surface area contributed by atoms with Gasteiger partial charge >= 0.3 is 0 Å². The molecule has 0 aromatic carbocycles. The van der Waals surface area contributed by atoms with E-state index in [-0.39, 0.29) is 18.3 Å². The second-order valence-corrected chi connectivity index (χ2v) is 4.63. The molecule has 0 aliphatic carbocycles. The van der Waals surface area contributed by atoms with Crippen molar-refractivity contribution in [2.45, 2.75) is 33.6 Å². The summed E-state index contributed by atoms with van der Waals surface area (Å²) in [5.74, 6) is 0.446. The summed E-state index contributed by atoms with van der Waals surface area (Å²) in [6.07, 6.45) is 1.25. The topological polar surface area (TPSA) is 88.2 Å². The molecule has 0 aromatic rings. The summed E-state index contributed by atoms with van der Waals surface area (Å²) < 4.78 is 5.24. The molecule has 0 aliphatic heterocycles. The summed E-state index contributed by atoms with van der Waals surface area (Å²) in [6.45, 7) is 7.84. The first-order chi connectivity index (χ1) is 8.51. The molecule has 0 radical (unpaired) electrons. The van der Waals surface area contributed by atoms with Crippen LogP contribution in [0, 0.1) is 5.92 Å². The molecule has 0 fully saturated rings. The van der Waals surface area contributed by atoms with Crippen molar-refractivity contribution in [3.63, 3.8) is 0 Å². The van der Waals surface area contributed by atoms with Crippen LogP contribution in [0.1, 0.15) is 33.6 Å². The van der Waals surface area contributed by atoms with E-state index in [4.69, 9.17) is 15.7 Å². The van der Waals surface area contributed by atoms with Crippen molar-refractivity contribution in [1.29, 1.82) is 0 Å². The van der Waals surface area contributed by atoms with Crippen molar-refractivity contribution in [3.8, 4) is 0 Å². The highest BCUT2D eigenvalue weighted by Crippen LogP contribution is 2.01. The molecule has 0 atom stereocenters. The van der Waals surface area contributed by atoms with Crippen molar-refractivity contribution in [1.82, 2.24) is 4.90 Å². The van der Waals surface area contributed by atoms with Gasteiger partial charge in [-0.25, -0.2) is 0 Å². The van der Waals surface area contributed by atoms with E-state index < -0.39 is 0 Å². The third-order valence-electron chi connectivity index (χ3n) is 2.28. The number of carbonyl (C=O) groups is 1. The second-order valence-electron chi connectivity index (χ2n) is 4.63. The van der Waals surface area contributed by atoms with Crippen LogP contribution in [0.2, 0.25) is 0 Å². The third-order valence-corrected chi connectivity index (χ3v) is 2.28. The van der Waals surface area contributed by atoms with E-state index >= 15 is 0 Å².